The van der Waals surface area contributed by atoms with E-state index in [9.17, 15) is 0 Å². The van der Waals surface area contributed by atoms with Gasteiger partial charge in [0.25, 0.3) is 0 Å². The van der Waals surface area contributed by atoms with Crippen molar-refractivity contribution in [1.29, 1.82) is 0 Å². The molecule has 0 aliphatic heterocycles. The highest BCUT2D eigenvalue weighted by atomic mass is 15.1. The zero-order chi connectivity index (χ0) is 36.5. The molecule has 0 radical (unpaired) electrons. The van der Waals surface area contributed by atoms with E-state index in [1.54, 1.807) is 0 Å². The fraction of sp³-hybridized carbons (Fsp3) is 0. The van der Waals surface area contributed by atoms with E-state index in [4.69, 9.17) is 9.97 Å². The monoisotopic (exact) mass is 710 g/mol. The maximum atomic E-state index is 5.61. The van der Waals surface area contributed by atoms with Crippen molar-refractivity contribution in [1.82, 2.24) is 18.9 Å². The number of para-hydroxylation sites is 3. The predicted molar refractivity (Wildman–Crippen MR) is 234 cm³/mol. The highest BCUT2D eigenvalue weighted by molar-refractivity contribution is 6.36. The Balaban J connectivity index is 1.19. The predicted octanol–water partition coefficient (Wildman–Crippen LogP) is 13.5. The third-order valence-corrected chi connectivity index (χ3v) is 12.0. The van der Waals surface area contributed by atoms with E-state index in [1.165, 1.54) is 76.2 Å². The van der Waals surface area contributed by atoms with Crippen LogP contribution in [0.25, 0.3) is 121 Å². The van der Waals surface area contributed by atoms with Crippen LogP contribution < -0.4 is 0 Å². The summed E-state index contributed by atoms with van der Waals surface area (Å²) < 4.78 is 4.90. The van der Waals surface area contributed by atoms with Crippen molar-refractivity contribution in [2.45, 2.75) is 0 Å². The minimum atomic E-state index is 0.715. The molecule has 0 N–H and O–H groups in total. The van der Waals surface area contributed by atoms with E-state index in [0.717, 1.165) is 38.7 Å². The van der Waals surface area contributed by atoms with Crippen LogP contribution in [0.5, 0.6) is 0 Å². The third kappa shape index (κ3) is 3.92. The Bertz CT molecular complexity index is 3760. The SMILES string of the molecule is c1ccc(-c2ccc3c4cc5c(c6ccccc6n5-c5nc(-c6cc7ccccc7c7ccccc67)nc6ccccc56)c5c6ccccc6n(c3c2)c45)cc1. The van der Waals surface area contributed by atoms with Gasteiger partial charge in [-0.05, 0) is 75.1 Å². The fourth-order valence-corrected chi connectivity index (χ4v) is 9.64. The molecule has 4 aromatic heterocycles. The smallest absolute Gasteiger partial charge is 0.162 e. The highest BCUT2D eigenvalue weighted by Gasteiger charge is 2.26. The van der Waals surface area contributed by atoms with Crippen LogP contribution >= 0.6 is 0 Å². The summed E-state index contributed by atoms with van der Waals surface area (Å²) in [5.41, 5.74) is 10.3. The molecule has 258 valence electrons. The minimum Gasteiger partial charge on any atom is -0.308 e. The summed E-state index contributed by atoms with van der Waals surface area (Å²) in [7, 11) is 0. The van der Waals surface area contributed by atoms with Crippen LogP contribution in [0.1, 0.15) is 0 Å². The molecule has 4 nitrogen and oxygen atoms in total. The molecule has 0 bridgehead atoms. The van der Waals surface area contributed by atoms with Crippen molar-refractivity contribution >= 4 is 92.3 Å². The summed E-state index contributed by atoms with van der Waals surface area (Å²) in [6, 6.07) is 65.7. The Morgan fingerprint density at radius 1 is 0.357 bits per heavy atom. The molecule has 0 aliphatic rings. The third-order valence-electron chi connectivity index (χ3n) is 12.0. The average molecular weight is 711 g/mol. The van der Waals surface area contributed by atoms with Crippen molar-refractivity contribution in [3.63, 3.8) is 0 Å². The van der Waals surface area contributed by atoms with Gasteiger partial charge in [0, 0.05) is 43.3 Å². The molecular formula is C52H30N4. The molecule has 0 atom stereocenters. The number of benzene rings is 9. The molecule has 0 saturated carbocycles. The number of aromatic nitrogens is 4. The number of nitrogens with zero attached hydrogens (tertiary/aromatic N) is 4. The first-order chi connectivity index (χ1) is 27.8. The Kier molecular flexibility index (Phi) is 5.86. The molecule has 13 aromatic rings. The quantitative estimate of drug-likeness (QED) is 0.171. The van der Waals surface area contributed by atoms with Gasteiger partial charge in [-0.2, -0.15) is 0 Å². The number of hydrogen-bond acceptors (Lipinski definition) is 2. The molecule has 0 saturated heterocycles. The van der Waals surface area contributed by atoms with Crippen LogP contribution in [0.2, 0.25) is 0 Å². The molecular weight excluding hydrogens is 681 g/mol. The number of rotatable bonds is 3. The molecule has 0 aliphatic carbocycles. The Morgan fingerprint density at radius 2 is 1.02 bits per heavy atom. The van der Waals surface area contributed by atoms with Crippen molar-refractivity contribution in [3.05, 3.63) is 182 Å². The lowest BCUT2D eigenvalue weighted by atomic mass is 9.97. The van der Waals surface area contributed by atoms with Crippen molar-refractivity contribution < 1.29 is 0 Å². The first-order valence-electron chi connectivity index (χ1n) is 19.2. The van der Waals surface area contributed by atoms with E-state index in [-0.39, 0.29) is 0 Å². The largest absolute Gasteiger partial charge is 0.308 e. The van der Waals surface area contributed by atoms with Gasteiger partial charge < -0.3 is 4.40 Å². The first kappa shape index (κ1) is 29.8. The second kappa shape index (κ2) is 11.0. The zero-order valence-corrected chi connectivity index (χ0v) is 30.1. The highest BCUT2D eigenvalue weighted by Crippen LogP contribution is 2.47. The van der Waals surface area contributed by atoms with E-state index >= 15 is 0 Å². The molecule has 4 heteroatoms. The Morgan fingerprint density at radius 3 is 1.86 bits per heavy atom. The Hall–Kier alpha value is -7.56. The Labute approximate surface area is 320 Å². The first-order valence-corrected chi connectivity index (χ1v) is 19.2. The molecule has 0 unspecified atom stereocenters. The van der Waals surface area contributed by atoms with Crippen LogP contribution in [0.3, 0.4) is 0 Å². The van der Waals surface area contributed by atoms with E-state index in [2.05, 4.69) is 191 Å². The van der Waals surface area contributed by atoms with Gasteiger partial charge >= 0.3 is 0 Å². The van der Waals surface area contributed by atoms with E-state index in [0.29, 0.717) is 5.82 Å². The fourth-order valence-electron chi connectivity index (χ4n) is 9.64. The summed E-state index contributed by atoms with van der Waals surface area (Å²) in [6.45, 7) is 0. The van der Waals surface area contributed by atoms with Gasteiger partial charge in [0.2, 0.25) is 0 Å². The lowest BCUT2D eigenvalue weighted by Gasteiger charge is -2.14. The summed E-state index contributed by atoms with van der Waals surface area (Å²) in [5, 5.41) is 13.2. The summed E-state index contributed by atoms with van der Waals surface area (Å²) in [4.78, 5) is 10.9. The maximum absolute atomic E-state index is 5.61. The molecule has 13 rings (SSSR count). The zero-order valence-electron chi connectivity index (χ0n) is 30.1. The topological polar surface area (TPSA) is 35.1 Å². The van der Waals surface area contributed by atoms with Gasteiger partial charge in [0.15, 0.2) is 5.82 Å². The molecule has 0 amide bonds. The standard InChI is InChI=1S/C52H30N4/c1-2-14-31(15-3-1)32-26-27-37-41-30-47-48(49-40-22-10-12-24-44(40)55(50(41)49)46(37)29-32)39-21-9-13-25-45(39)56(47)52-38-20-8-11-23-43(38)53-51(54-52)42-28-33-16-4-5-17-34(33)35-18-6-7-19-36(35)42/h1-30H. The summed E-state index contributed by atoms with van der Waals surface area (Å²) in [5.74, 6) is 1.59. The molecule has 0 spiro atoms. The van der Waals surface area contributed by atoms with Crippen LogP contribution in [-0.2, 0) is 0 Å². The van der Waals surface area contributed by atoms with Crippen molar-refractivity contribution in [2.75, 3.05) is 0 Å². The molecule has 0 fully saturated rings. The molecule has 56 heavy (non-hydrogen) atoms. The van der Waals surface area contributed by atoms with Crippen molar-refractivity contribution in [3.8, 4) is 28.3 Å². The van der Waals surface area contributed by atoms with E-state index in [1.807, 2.05) is 0 Å². The lowest BCUT2D eigenvalue weighted by molar-refractivity contribution is 1.08. The van der Waals surface area contributed by atoms with Crippen LogP contribution in [0.15, 0.2) is 182 Å². The lowest BCUT2D eigenvalue weighted by Crippen LogP contribution is -2.03. The number of fused-ring (bicyclic) bond motifs is 14. The van der Waals surface area contributed by atoms with Gasteiger partial charge in [-0.1, -0.05) is 140 Å². The normalized spacial score (nSPS) is 12.3. The van der Waals surface area contributed by atoms with Gasteiger partial charge in [-0.25, -0.2) is 9.97 Å². The van der Waals surface area contributed by atoms with Crippen LogP contribution in [-0.4, -0.2) is 18.9 Å². The van der Waals surface area contributed by atoms with Gasteiger partial charge in [0.1, 0.15) is 5.82 Å². The summed E-state index contributed by atoms with van der Waals surface area (Å²) >= 11 is 0. The van der Waals surface area contributed by atoms with Crippen molar-refractivity contribution in [2.24, 2.45) is 0 Å². The average Bonchev–Trinajstić information content (AvgIpc) is 3.90. The van der Waals surface area contributed by atoms with Gasteiger partial charge in [0.05, 0.1) is 33.1 Å². The van der Waals surface area contributed by atoms with Crippen LogP contribution in [0, 0.1) is 0 Å². The second-order valence-electron chi connectivity index (χ2n) is 14.9. The number of hydrogen-bond donors (Lipinski definition) is 0. The molecule has 9 aromatic carbocycles. The van der Waals surface area contributed by atoms with E-state index < -0.39 is 0 Å². The van der Waals surface area contributed by atoms with Gasteiger partial charge in [-0.15, -0.1) is 0 Å². The minimum absolute atomic E-state index is 0.715. The molecule has 4 heterocycles. The van der Waals surface area contributed by atoms with Gasteiger partial charge in [-0.3, -0.25) is 4.57 Å². The van der Waals surface area contributed by atoms with Crippen LogP contribution in [0.4, 0.5) is 0 Å². The summed E-state index contributed by atoms with van der Waals surface area (Å²) in [6.07, 6.45) is 0. The second-order valence-corrected chi connectivity index (χ2v) is 14.9. The maximum Gasteiger partial charge on any atom is 0.162 e.